The first-order valence-electron chi connectivity index (χ1n) is 14.0. The Hall–Kier alpha value is -5.10. The van der Waals surface area contributed by atoms with E-state index in [0.29, 0.717) is 23.1 Å². The summed E-state index contributed by atoms with van der Waals surface area (Å²) in [7, 11) is 4.97. The molecule has 12 heteroatoms. The number of hydrogen-bond donors (Lipinski definition) is 2. The van der Waals surface area contributed by atoms with E-state index in [-0.39, 0.29) is 28.3 Å². The summed E-state index contributed by atoms with van der Waals surface area (Å²) in [6, 6.07) is 14.6. The Balaban J connectivity index is 1.67. The minimum Gasteiger partial charge on any atom is -0.480 e. The Morgan fingerprint density at radius 3 is 2.17 bits per heavy atom. The number of fused-ring (bicyclic) bond motifs is 2. The van der Waals surface area contributed by atoms with Gasteiger partial charge in [-0.15, -0.1) is 0 Å². The van der Waals surface area contributed by atoms with Crippen LogP contribution in [0.1, 0.15) is 27.0 Å². The van der Waals surface area contributed by atoms with Gasteiger partial charge in [0.1, 0.15) is 23.2 Å². The van der Waals surface area contributed by atoms with Gasteiger partial charge in [-0.2, -0.15) is 13.2 Å². The number of halogens is 5. The monoisotopic (exact) mass is 637 g/mol. The number of carbonyl (C=O) groups is 2. The van der Waals surface area contributed by atoms with E-state index in [1.165, 1.54) is 54.1 Å². The molecule has 1 amide bonds. The number of aliphatic carboxylic acids is 1. The Kier molecular flexibility index (Phi) is 8.68. The Labute approximate surface area is 259 Å². The van der Waals surface area contributed by atoms with Crippen molar-refractivity contribution in [3.63, 3.8) is 0 Å². The van der Waals surface area contributed by atoms with Gasteiger partial charge < -0.3 is 19.9 Å². The lowest BCUT2D eigenvalue weighted by molar-refractivity contribution is -0.139. The third-order valence-electron chi connectivity index (χ3n) is 7.74. The van der Waals surface area contributed by atoms with Crippen LogP contribution >= 0.6 is 0 Å². The van der Waals surface area contributed by atoms with Gasteiger partial charge in [-0.3, -0.25) is 9.59 Å². The van der Waals surface area contributed by atoms with Gasteiger partial charge in [0.2, 0.25) is 0 Å². The minimum atomic E-state index is -4.92. The van der Waals surface area contributed by atoms with E-state index in [2.05, 4.69) is 5.32 Å². The van der Waals surface area contributed by atoms with Crippen LogP contribution in [0.3, 0.4) is 0 Å². The van der Waals surface area contributed by atoms with Crippen LogP contribution in [0.25, 0.3) is 32.8 Å². The second kappa shape index (κ2) is 12.4. The molecule has 0 bridgehead atoms. The zero-order chi connectivity index (χ0) is 33.5. The second-order valence-electron chi connectivity index (χ2n) is 11.2. The lowest BCUT2D eigenvalue weighted by Crippen LogP contribution is -2.43. The van der Waals surface area contributed by atoms with Gasteiger partial charge in [-0.25, -0.2) is 13.6 Å². The van der Waals surface area contributed by atoms with Crippen molar-refractivity contribution in [1.82, 2.24) is 14.8 Å². The fourth-order valence-corrected chi connectivity index (χ4v) is 5.74. The van der Waals surface area contributed by atoms with E-state index >= 15 is 0 Å². The summed E-state index contributed by atoms with van der Waals surface area (Å²) in [6.07, 6.45) is -5.30. The smallest absolute Gasteiger partial charge is 0.417 e. The molecule has 1 aromatic heterocycles. The van der Waals surface area contributed by atoms with Gasteiger partial charge in [0, 0.05) is 25.4 Å². The van der Waals surface area contributed by atoms with Crippen LogP contribution < -0.4 is 10.9 Å². The fraction of sp³-hybridized carbons (Fsp3) is 0.206. The maximum absolute atomic E-state index is 14.9. The first-order chi connectivity index (χ1) is 21.7. The van der Waals surface area contributed by atoms with Gasteiger partial charge in [-0.1, -0.05) is 48.5 Å². The van der Waals surface area contributed by atoms with Crippen molar-refractivity contribution in [2.24, 2.45) is 7.05 Å². The molecule has 4 aromatic carbocycles. The molecule has 5 rings (SSSR count). The maximum atomic E-state index is 14.9. The van der Waals surface area contributed by atoms with Crippen molar-refractivity contribution in [3.05, 3.63) is 117 Å². The molecule has 0 aliphatic carbocycles. The summed E-state index contributed by atoms with van der Waals surface area (Å²) < 4.78 is 74.3. The highest BCUT2D eigenvalue weighted by Gasteiger charge is 2.38. The number of benzene rings is 4. The average molecular weight is 638 g/mol. The first kappa shape index (κ1) is 32.3. The number of amides is 1. The molecule has 7 nitrogen and oxygen atoms in total. The third kappa shape index (κ3) is 6.08. The van der Waals surface area contributed by atoms with Gasteiger partial charge >= 0.3 is 12.1 Å². The molecule has 0 aliphatic heterocycles. The van der Waals surface area contributed by atoms with Crippen LogP contribution in [-0.4, -0.2) is 46.6 Å². The summed E-state index contributed by atoms with van der Waals surface area (Å²) in [4.78, 5) is 40.3. The summed E-state index contributed by atoms with van der Waals surface area (Å²) in [5.74, 6) is -5.15. The summed E-state index contributed by atoms with van der Waals surface area (Å²) in [6.45, 7) is 0.369. The van der Waals surface area contributed by atoms with E-state index in [9.17, 15) is 41.4 Å². The zero-order valence-corrected chi connectivity index (χ0v) is 24.9. The van der Waals surface area contributed by atoms with Crippen molar-refractivity contribution in [3.8, 4) is 11.1 Å². The van der Waals surface area contributed by atoms with Crippen molar-refractivity contribution < 1.29 is 36.6 Å². The zero-order valence-electron chi connectivity index (χ0n) is 24.9. The van der Waals surface area contributed by atoms with Gasteiger partial charge in [0.25, 0.3) is 11.5 Å². The number of carboxylic acids is 1. The average Bonchev–Trinajstić information content (AvgIpc) is 2.97. The van der Waals surface area contributed by atoms with Crippen molar-refractivity contribution in [2.45, 2.75) is 25.2 Å². The summed E-state index contributed by atoms with van der Waals surface area (Å²) in [5.41, 5.74) is -2.47. The molecule has 2 N–H and O–H groups in total. The molecule has 0 fully saturated rings. The molecule has 1 atom stereocenters. The molecule has 0 unspecified atom stereocenters. The summed E-state index contributed by atoms with van der Waals surface area (Å²) in [5, 5.41) is 12.4. The molecule has 0 aliphatic rings. The molecule has 46 heavy (non-hydrogen) atoms. The highest BCUT2D eigenvalue weighted by molar-refractivity contribution is 6.02. The van der Waals surface area contributed by atoms with Crippen LogP contribution in [-0.2, 0) is 31.0 Å². The molecular weight excluding hydrogens is 609 g/mol. The van der Waals surface area contributed by atoms with E-state index in [1.54, 1.807) is 26.2 Å². The molecule has 238 valence electrons. The van der Waals surface area contributed by atoms with Crippen molar-refractivity contribution >= 4 is 33.6 Å². The van der Waals surface area contributed by atoms with Gasteiger partial charge in [0.05, 0.1) is 16.6 Å². The normalized spacial score (nSPS) is 12.5. The Morgan fingerprint density at radius 1 is 0.913 bits per heavy atom. The predicted molar refractivity (Wildman–Crippen MR) is 163 cm³/mol. The highest BCUT2D eigenvalue weighted by atomic mass is 19.4. The number of aromatic nitrogens is 1. The maximum Gasteiger partial charge on any atom is 0.417 e. The number of carboxylic acid groups (broad SMARTS) is 1. The fourth-order valence-electron chi connectivity index (χ4n) is 5.74. The largest absolute Gasteiger partial charge is 0.480 e. The number of aryl methyl sites for hydroxylation is 1. The second-order valence-corrected chi connectivity index (χ2v) is 11.2. The molecule has 0 radical (unpaired) electrons. The van der Waals surface area contributed by atoms with Crippen LogP contribution in [0.4, 0.5) is 22.0 Å². The van der Waals surface area contributed by atoms with Gasteiger partial charge in [-0.05, 0) is 65.8 Å². The third-order valence-corrected chi connectivity index (χ3v) is 7.74. The van der Waals surface area contributed by atoms with Crippen LogP contribution in [0.2, 0.25) is 0 Å². The van der Waals surface area contributed by atoms with E-state index < -0.39 is 58.0 Å². The van der Waals surface area contributed by atoms with Crippen molar-refractivity contribution in [2.75, 3.05) is 14.1 Å². The topological polar surface area (TPSA) is 91.6 Å². The van der Waals surface area contributed by atoms with E-state index in [4.69, 9.17) is 0 Å². The SMILES string of the molecule is CN(C)Cc1ccc2c(c1)c(C(F)(F)F)c(-c1cccc3c(C[C@H](NC(=O)c4c(F)cccc4F)C(=O)O)cccc13)c(=O)n2C. The lowest BCUT2D eigenvalue weighted by Gasteiger charge is -2.21. The van der Waals surface area contributed by atoms with E-state index in [1.807, 2.05) is 4.90 Å². The van der Waals surface area contributed by atoms with Crippen LogP contribution in [0.15, 0.2) is 77.6 Å². The quantitative estimate of drug-likeness (QED) is 0.200. The number of hydrogen-bond acceptors (Lipinski definition) is 4. The number of carbonyl (C=O) groups excluding carboxylic acids is 1. The van der Waals surface area contributed by atoms with E-state index in [0.717, 1.165) is 18.2 Å². The molecule has 0 saturated carbocycles. The lowest BCUT2D eigenvalue weighted by atomic mass is 9.90. The number of alkyl halides is 3. The number of nitrogens with one attached hydrogen (secondary N) is 1. The van der Waals surface area contributed by atoms with Crippen LogP contribution in [0, 0.1) is 11.6 Å². The Morgan fingerprint density at radius 2 is 1.54 bits per heavy atom. The minimum absolute atomic E-state index is 0.0171. The number of rotatable bonds is 8. The van der Waals surface area contributed by atoms with Crippen molar-refractivity contribution in [1.29, 1.82) is 0 Å². The molecule has 1 heterocycles. The van der Waals surface area contributed by atoms with Gasteiger partial charge in [0.15, 0.2) is 0 Å². The number of nitrogens with zero attached hydrogens (tertiary/aromatic N) is 2. The highest BCUT2D eigenvalue weighted by Crippen LogP contribution is 2.42. The molecule has 0 spiro atoms. The van der Waals surface area contributed by atoms with Crippen LogP contribution in [0.5, 0.6) is 0 Å². The molecule has 0 saturated heterocycles. The Bertz CT molecular complexity index is 2050. The standard InChI is InChI=1S/C34H28F5N3O4/c1-41(2)17-18-13-14-27-23(15-18)30(34(37,38)39)28(32(44)42(27)3)22-10-5-8-20-19(7-4-9-21(20)22)16-26(33(45)46)40-31(43)29-24(35)11-6-12-25(29)36/h4-15,26H,16-17H2,1-3H3,(H,40,43)(H,45,46)/t26-/m0/s1. The number of pyridine rings is 1. The molecular formula is C34H28F5N3O4. The predicted octanol–water partition coefficient (Wildman–Crippen LogP) is 6.14. The summed E-state index contributed by atoms with van der Waals surface area (Å²) >= 11 is 0. The molecule has 5 aromatic rings. The first-order valence-corrected chi connectivity index (χ1v) is 14.0.